The summed E-state index contributed by atoms with van der Waals surface area (Å²) in [6, 6.07) is 21.8. The molecule has 4 rings (SSSR count). The van der Waals surface area contributed by atoms with E-state index >= 15 is 0 Å². The first kappa shape index (κ1) is 18.2. The summed E-state index contributed by atoms with van der Waals surface area (Å²) in [5, 5.41) is 1.55. The monoisotopic (exact) mass is 371 g/mol. The molecule has 0 unspecified atom stereocenters. The molecule has 1 aliphatic carbocycles. The first-order valence-electron chi connectivity index (χ1n) is 10.2. The van der Waals surface area contributed by atoms with Gasteiger partial charge in [-0.3, -0.25) is 4.98 Å². The largest absolute Gasteiger partial charge is 0.256 e. The Hall–Kier alpha value is -2.19. The lowest BCUT2D eigenvalue weighted by Crippen LogP contribution is -2.41. The molecule has 0 radical (unpaired) electrons. The number of aromatic nitrogens is 1. The molecule has 2 heteroatoms. The third-order valence-electron chi connectivity index (χ3n) is 5.83. The highest BCUT2D eigenvalue weighted by Gasteiger charge is 2.27. The van der Waals surface area contributed by atoms with Crippen LogP contribution < -0.4 is 5.19 Å². The lowest BCUT2D eigenvalue weighted by molar-refractivity contribution is 0.726. The quantitative estimate of drug-likeness (QED) is 0.470. The smallest absolute Gasteiger partial charge is 0.0799 e. The molecule has 1 aliphatic rings. The molecule has 0 bridgehead atoms. The van der Waals surface area contributed by atoms with Crippen LogP contribution in [-0.2, 0) is 0 Å². The zero-order valence-corrected chi connectivity index (χ0v) is 17.7. The molecule has 3 aromatic rings. The van der Waals surface area contributed by atoms with Crippen LogP contribution in [0.4, 0.5) is 0 Å². The zero-order valence-electron chi connectivity index (χ0n) is 16.7. The van der Waals surface area contributed by atoms with Crippen LogP contribution in [0.5, 0.6) is 0 Å². The second-order valence-electron chi connectivity index (χ2n) is 8.83. The van der Waals surface area contributed by atoms with Crippen molar-refractivity contribution in [3.63, 3.8) is 0 Å². The van der Waals surface area contributed by atoms with Gasteiger partial charge in [0, 0.05) is 11.8 Å². The van der Waals surface area contributed by atoms with E-state index in [1.165, 1.54) is 42.4 Å². The Morgan fingerprint density at radius 1 is 0.778 bits per heavy atom. The maximum atomic E-state index is 4.88. The first-order valence-corrected chi connectivity index (χ1v) is 13.7. The highest BCUT2D eigenvalue weighted by molar-refractivity contribution is 6.89. The van der Waals surface area contributed by atoms with Crippen molar-refractivity contribution in [2.45, 2.75) is 51.2 Å². The fourth-order valence-electron chi connectivity index (χ4n) is 4.29. The fraction of sp³-hybridized carbons (Fsp3) is 0.320. The average Bonchev–Trinajstić information content (AvgIpc) is 3.22. The van der Waals surface area contributed by atoms with Crippen molar-refractivity contribution < 1.29 is 0 Å². The van der Waals surface area contributed by atoms with E-state index in [1.807, 2.05) is 0 Å². The standard InChI is InChI=1S/C25H29NSi/c1-27(2,3)25-18-26-24(17-23(25)21-11-7-8-12-21)22-15-13-20(14-16-22)19-9-5-4-6-10-19/h4-6,9-10,13-18,21H,7-8,11-12H2,1-3H3. The van der Waals surface area contributed by atoms with Crippen LogP contribution in [0.15, 0.2) is 66.9 Å². The Morgan fingerprint density at radius 3 is 2.00 bits per heavy atom. The van der Waals surface area contributed by atoms with Gasteiger partial charge in [-0.05, 0) is 46.7 Å². The predicted octanol–water partition coefficient (Wildman–Crippen LogP) is 6.62. The minimum absolute atomic E-state index is 0.733. The number of pyridine rings is 1. The van der Waals surface area contributed by atoms with Crippen molar-refractivity contribution in [1.29, 1.82) is 0 Å². The van der Waals surface area contributed by atoms with E-state index in [2.05, 4.69) is 86.5 Å². The molecular formula is C25H29NSi. The summed E-state index contributed by atoms with van der Waals surface area (Å²) in [6.45, 7) is 7.32. The van der Waals surface area contributed by atoms with Gasteiger partial charge >= 0.3 is 0 Å². The molecule has 0 atom stereocenters. The topological polar surface area (TPSA) is 12.9 Å². The van der Waals surface area contributed by atoms with Crippen LogP contribution in [0.2, 0.25) is 19.6 Å². The summed E-state index contributed by atoms with van der Waals surface area (Å²) < 4.78 is 0. The third-order valence-corrected chi connectivity index (χ3v) is 7.86. The molecule has 0 spiro atoms. The van der Waals surface area contributed by atoms with Crippen LogP contribution in [0.25, 0.3) is 22.4 Å². The Balaban J connectivity index is 1.70. The second kappa shape index (κ2) is 7.44. The molecular weight excluding hydrogens is 342 g/mol. The van der Waals surface area contributed by atoms with Crippen LogP contribution in [0.1, 0.15) is 37.2 Å². The second-order valence-corrected chi connectivity index (χ2v) is 13.9. The van der Waals surface area contributed by atoms with Gasteiger partial charge in [-0.15, -0.1) is 0 Å². The number of benzene rings is 2. The van der Waals surface area contributed by atoms with Gasteiger partial charge in [0.15, 0.2) is 0 Å². The number of hydrogen-bond acceptors (Lipinski definition) is 1. The summed E-state index contributed by atoms with van der Waals surface area (Å²) in [6.07, 6.45) is 7.63. The molecule has 0 amide bonds. The average molecular weight is 372 g/mol. The molecule has 2 aromatic carbocycles. The van der Waals surface area contributed by atoms with Gasteiger partial charge in [0.25, 0.3) is 0 Å². The molecule has 1 saturated carbocycles. The van der Waals surface area contributed by atoms with E-state index in [4.69, 9.17) is 4.98 Å². The zero-order chi connectivity index (χ0) is 18.9. The maximum absolute atomic E-state index is 4.88. The van der Waals surface area contributed by atoms with Crippen molar-refractivity contribution in [3.05, 3.63) is 72.4 Å². The van der Waals surface area contributed by atoms with E-state index in [-0.39, 0.29) is 0 Å². The van der Waals surface area contributed by atoms with E-state index in [0.717, 1.165) is 11.6 Å². The van der Waals surface area contributed by atoms with Crippen molar-refractivity contribution in [2.75, 3.05) is 0 Å². The molecule has 0 aliphatic heterocycles. The van der Waals surface area contributed by atoms with Crippen molar-refractivity contribution in [1.82, 2.24) is 4.98 Å². The summed E-state index contributed by atoms with van der Waals surface area (Å²) >= 11 is 0. The number of hydrogen-bond donors (Lipinski definition) is 0. The lowest BCUT2D eigenvalue weighted by Gasteiger charge is -2.24. The van der Waals surface area contributed by atoms with Gasteiger partial charge < -0.3 is 0 Å². The van der Waals surface area contributed by atoms with Gasteiger partial charge in [-0.2, -0.15) is 0 Å². The number of rotatable bonds is 4. The van der Waals surface area contributed by atoms with Crippen molar-refractivity contribution in [3.8, 4) is 22.4 Å². The SMILES string of the molecule is C[Si](C)(C)c1cnc(-c2ccc(-c3ccccc3)cc2)cc1C1CCCC1. The third kappa shape index (κ3) is 3.91. The van der Waals surface area contributed by atoms with Crippen LogP contribution >= 0.6 is 0 Å². The van der Waals surface area contributed by atoms with E-state index in [9.17, 15) is 0 Å². The molecule has 1 heterocycles. The van der Waals surface area contributed by atoms with Gasteiger partial charge in [0.05, 0.1) is 13.8 Å². The van der Waals surface area contributed by atoms with Crippen molar-refractivity contribution >= 4 is 13.3 Å². The molecule has 1 fully saturated rings. The number of nitrogens with zero attached hydrogens (tertiary/aromatic N) is 1. The van der Waals surface area contributed by atoms with Crippen LogP contribution in [0, 0.1) is 0 Å². The Labute approximate surface area is 164 Å². The summed E-state index contributed by atoms with van der Waals surface area (Å²) in [7, 11) is -1.38. The highest BCUT2D eigenvalue weighted by Crippen LogP contribution is 2.35. The molecule has 1 aromatic heterocycles. The first-order chi connectivity index (χ1) is 13.0. The molecule has 138 valence electrons. The van der Waals surface area contributed by atoms with Crippen LogP contribution in [-0.4, -0.2) is 13.1 Å². The normalized spacial score (nSPS) is 15.2. The van der Waals surface area contributed by atoms with Gasteiger partial charge in [-0.1, -0.05) is 87.1 Å². The van der Waals surface area contributed by atoms with E-state index in [1.54, 1.807) is 10.8 Å². The summed E-state index contributed by atoms with van der Waals surface area (Å²) in [5.74, 6) is 0.733. The summed E-state index contributed by atoms with van der Waals surface area (Å²) in [5.41, 5.74) is 6.45. The van der Waals surface area contributed by atoms with Crippen LogP contribution in [0.3, 0.4) is 0 Å². The lowest BCUT2D eigenvalue weighted by atomic mass is 9.96. The van der Waals surface area contributed by atoms with E-state index in [0.29, 0.717) is 0 Å². The van der Waals surface area contributed by atoms with Gasteiger partial charge in [0.2, 0.25) is 0 Å². The fourth-order valence-corrected chi connectivity index (χ4v) is 5.89. The minimum Gasteiger partial charge on any atom is -0.256 e. The van der Waals surface area contributed by atoms with Crippen molar-refractivity contribution in [2.24, 2.45) is 0 Å². The summed E-state index contributed by atoms with van der Waals surface area (Å²) in [4.78, 5) is 4.88. The highest BCUT2D eigenvalue weighted by atomic mass is 28.3. The molecule has 0 saturated heterocycles. The molecule has 0 N–H and O–H groups in total. The Morgan fingerprint density at radius 2 is 1.37 bits per heavy atom. The van der Waals surface area contributed by atoms with Gasteiger partial charge in [-0.25, -0.2) is 0 Å². The molecule has 27 heavy (non-hydrogen) atoms. The Bertz CT molecular complexity index is 901. The maximum Gasteiger partial charge on any atom is 0.0799 e. The molecule has 1 nitrogen and oxygen atoms in total. The Kier molecular flexibility index (Phi) is 5.01. The van der Waals surface area contributed by atoms with Gasteiger partial charge in [0.1, 0.15) is 0 Å². The minimum atomic E-state index is -1.38. The predicted molar refractivity (Wildman–Crippen MR) is 119 cm³/mol. The van der Waals surface area contributed by atoms with E-state index < -0.39 is 8.07 Å².